The molecular weight excluding hydrogens is 246 g/mol. The molecule has 6 heteroatoms. The predicted molar refractivity (Wildman–Crippen MR) is 70.5 cm³/mol. The van der Waals surface area contributed by atoms with Gasteiger partial charge in [0.2, 0.25) is 0 Å². The van der Waals surface area contributed by atoms with Gasteiger partial charge >= 0.3 is 0 Å². The molecule has 0 aliphatic heterocycles. The number of carbonyl (C=O) groups excluding carboxylic acids is 3. The van der Waals surface area contributed by atoms with E-state index in [1.165, 1.54) is 6.08 Å². The molecule has 0 atom stereocenters. The fourth-order valence-corrected chi connectivity index (χ4v) is 1.28. The zero-order valence-electron chi connectivity index (χ0n) is 10.3. The summed E-state index contributed by atoms with van der Waals surface area (Å²) in [6.07, 6.45) is 3.38. The van der Waals surface area contributed by atoms with Gasteiger partial charge in [0.1, 0.15) is 6.29 Å². The summed E-state index contributed by atoms with van der Waals surface area (Å²) < 4.78 is 0. The summed E-state index contributed by atoms with van der Waals surface area (Å²) in [4.78, 5) is 33.4. The number of nitrogens with one attached hydrogen (secondary N) is 1. The number of amides is 2. The monoisotopic (exact) mass is 261 g/mol. The van der Waals surface area contributed by atoms with Crippen LogP contribution in [0.1, 0.15) is 5.56 Å². The van der Waals surface area contributed by atoms with Gasteiger partial charge in [-0.1, -0.05) is 30.3 Å². The van der Waals surface area contributed by atoms with E-state index in [1.54, 1.807) is 6.08 Å². The van der Waals surface area contributed by atoms with Gasteiger partial charge in [-0.3, -0.25) is 15.0 Å². The van der Waals surface area contributed by atoms with Crippen LogP contribution in [0.3, 0.4) is 0 Å². The van der Waals surface area contributed by atoms with Crippen molar-refractivity contribution in [1.82, 2.24) is 10.4 Å². The summed E-state index contributed by atoms with van der Waals surface area (Å²) in [7, 11) is 0. The molecule has 6 nitrogen and oxygen atoms in total. The van der Waals surface area contributed by atoms with Crippen molar-refractivity contribution in [2.75, 3.05) is 13.1 Å². The molecule has 0 bridgehead atoms. The maximum absolute atomic E-state index is 11.8. The van der Waals surface area contributed by atoms with Crippen molar-refractivity contribution in [2.45, 2.75) is 0 Å². The van der Waals surface area contributed by atoms with Crippen molar-refractivity contribution in [3.05, 3.63) is 42.0 Å². The van der Waals surface area contributed by atoms with E-state index >= 15 is 0 Å². The van der Waals surface area contributed by atoms with Gasteiger partial charge in [-0.05, 0) is 11.6 Å². The lowest BCUT2D eigenvalue weighted by Crippen LogP contribution is -2.48. The number of nitrogens with zero attached hydrogens (tertiary/aromatic N) is 1. The zero-order valence-corrected chi connectivity index (χ0v) is 10.3. The van der Waals surface area contributed by atoms with Crippen molar-refractivity contribution in [3.8, 4) is 0 Å². The first-order valence-electron chi connectivity index (χ1n) is 5.65. The van der Waals surface area contributed by atoms with E-state index in [0.717, 1.165) is 10.6 Å². The van der Waals surface area contributed by atoms with Crippen molar-refractivity contribution < 1.29 is 14.4 Å². The average Bonchev–Trinajstić information content (AvgIpc) is 2.45. The highest BCUT2D eigenvalue weighted by atomic mass is 16.2. The second-order valence-corrected chi connectivity index (χ2v) is 3.60. The summed E-state index contributed by atoms with van der Waals surface area (Å²) in [6, 6.07) is 9.19. The highest BCUT2D eigenvalue weighted by Crippen LogP contribution is 2.01. The zero-order chi connectivity index (χ0) is 14.1. The number of rotatable bonds is 5. The molecule has 0 radical (unpaired) electrons. The van der Waals surface area contributed by atoms with Crippen molar-refractivity contribution in [2.24, 2.45) is 5.73 Å². The molecule has 100 valence electrons. The predicted octanol–water partition coefficient (Wildman–Crippen LogP) is -0.283. The Morgan fingerprint density at radius 3 is 2.53 bits per heavy atom. The van der Waals surface area contributed by atoms with Gasteiger partial charge in [0.05, 0.1) is 13.1 Å². The number of benzene rings is 1. The Morgan fingerprint density at radius 1 is 1.26 bits per heavy atom. The van der Waals surface area contributed by atoms with Crippen molar-refractivity contribution in [3.63, 3.8) is 0 Å². The summed E-state index contributed by atoms with van der Waals surface area (Å²) in [6.45, 7) is -0.491. The lowest BCUT2D eigenvalue weighted by atomic mass is 10.2. The van der Waals surface area contributed by atoms with Crippen LogP contribution in [0.5, 0.6) is 0 Å². The fraction of sp³-hybridized carbons (Fsp3) is 0.154. The van der Waals surface area contributed by atoms with Crippen LogP contribution in [0.15, 0.2) is 36.4 Å². The second kappa shape index (κ2) is 7.78. The summed E-state index contributed by atoms with van der Waals surface area (Å²) in [5.41, 5.74) is 8.21. The summed E-state index contributed by atoms with van der Waals surface area (Å²) in [5, 5.41) is 0.904. The molecule has 3 N–H and O–H groups in total. The molecular formula is C13H15N3O3. The number of carbonyl (C=O) groups is 3. The van der Waals surface area contributed by atoms with E-state index in [4.69, 9.17) is 5.73 Å². The third-order valence-electron chi connectivity index (χ3n) is 2.19. The number of hydrogen-bond donors (Lipinski definition) is 2. The van der Waals surface area contributed by atoms with E-state index in [2.05, 4.69) is 5.43 Å². The van der Waals surface area contributed by atoms with Crippen LogP contribution in [0.2, 0.25) is 0 Å². The molecule has 2 amide bonds. The third kappa shape index (κ3) is 5.13. The van der Waals surface area contributed by atoms with E-state index in [1.807, 2.05) is 30.3 Å². The summed E-state index contributed by atoms with van der Waals surface area (Å²) in [5.74, 6) is -1.04. The van der Waals surface area contributed by atoms with Crippen LogP contribution in [-0.2, 0) is 14.4 Å². The minimum Gasteiger partial charge on any atom is -0.322 e. The first-order chi connectivity index (χ1) is 9.17. The second-order valence-electron chi connectivity index (χ2n) is 3.60. The Balaban J connectivity index is 2.69. The number of nitrogens with two attached hydrogens (primary N) is 1. The Bertz CT molecular complexity index is 471. The molecule has 0 saturated heterocycles. The minimum absolute atomic E-state index is 0.232. The van der Waals surface area contributed by atoms with Crippen LogP contribution in [0, 0.1) is 0 Å². The summed E-state index contributed by atoms with van der Waals surface area (Å²) >= 11 is 0. The van der Waals surface area contributed by atoms with Crippen molar-refractivity contribution >= 4 is 24.2 Å². The standard InChI is InChI=1S/C13H15N3O3/c14-10-12(18)15-16(8-9-17)13(19)7-6-11-4-2-1-3-5-11/h1-7,9H,8,10,14H2,(H,15,18)/b7-6+. The van der Waals surface area contributed by atoms with E-state index in [-0.39, 0.29) is 13.1 Å². The largest absolute Gasteiger partial charge is 0.322 e. The molecule has 19 heavy (non-hydrogen) atoms. The molecule has 0 saturated carbocycles. The SMILES string of the molecule is NCC(=O)NN(CC=O)C(=O)/C=C/c1ccccc1. The Kier molecular flexibility index (Phi) is 5.97. The van der Waals surface area contributed by atoms with Crippen molar-refractivity contribution in [1.29, 1.82) is 0 Å². The molecule has 0 aliphatic rings. The van der Waals surface area contributed by atoms with E-state index in [0.29, 0.717) is 6.29 Å². The van der Waals surface area contributed by atoms with Gasteiger partial charge in [0, 0.05) is 6.08 Å². The maximum atomic E-state index is 11.8. The molecule has 1 aromatic carbocycles. The molecule has 0 aromatic heterocycles. The van der Waals surface area contributed by atoms with Gasteiger partial charge in [-0.15, -0.1) is 0 Å². The van der Waals surface area contributed by atoms with E-state index < -0.39 is 11.8 Å². The maximum Gasteiger partial charge on any atom is 0.265 e. The van der Waals surface area contributed by atoms with Gasteiger partial charge in [-0.2, -0.15) is 0 Å². The third-order valence-corrected chi connectivity index (χ3v) is 2.19. The molecule has 0 fully saturated rings. The first kappa shape index (κ1) is 14.6. The van der Waals surface area contributed by atoms with Crippen LogP contribution in [0.4, 0.5) is 0 Å². The molecule has 0 aliphatic carbocycles. The Labute approximate surface area is 110 Å². The van der Waals surface area contributed by atoms with Gasteiger partial charge in [-0.25, -0.2) is 5.01 Å². The highest BCUT2D eigenvalue weighted by Gasteiger charge is 2.12. The number of hydrazine groups is 1. The van der Waals surface area contributed by atoms with Crippen LogP contribution in [0.25, 0.3) is 6.08 Å². The number of hydrogen-bond acceptors (Lipinski definition) is 4. The van der Waals surface area contributed by atoms with Crippen LogP contribution in [-0.4, -0.2) is 36.2 Å². The quantitative estimate of drug-likeness (QED) is 0.433. The molecule has 1 rings (SSSR count). The van der Waals surface area contributed by atoms with Crippen LogP contribution >= 0.6 is 0 Å². The minimum atomic E-state index is -0.539. The smallest absolute Gasteiger partial charge is 0.265 e. The average molecular weight is 261 g/mol. The first-order valence-corrected chi connectivity index (χ1v) is 5.65. The Morgan fingerprint density at radius 2 is 1.95 bits per heavy atom. The molecule has 0 spiro atoms. The lowest BCUT2D eigenvalue weighted by molar-refractivity contribution is -0.138. The topological polar surface area (TPSA) is 92.5 Å². The number of aldehydes is 1. The molecule has 1 aromatic rings. The van der Waals surface area contributed by atoms with E-state index in [9.17, 15) is 14.4 Å². The normalized spacial score (nSPS) is 10.2. The highest BCUT2D eigenvalue weighted by molar-refractivity contribution is 5.94. The van der Waals surface area contributed by atoms with Gasteiger partial charge < -0.3 is 10.5 Å². The lowest BCUT2D eigenvalue weighted by Gasteiger charge is -2.18. The van der Waals surface area contributed by atoms with Crippen LogP contribution < -0.4 is 11.2 Å². The Hall–Kier alpha value is -2.47. The molecule has 0 heterocycles. The van der Waals surface area contributed by atoms with Gasteiger partial charge in [0.25, 0.3) is 11.8 Å². The van der Waals surface area contributed by atoms with Gasteiger partial charge in [0.15, 0.2) is 0 Å². The molecule has 0 unspecified atom stereocenters. The fourth-order valence-electron chi connectivity index (χ4n) is 1.28.